The van der Waals surface area contributed by atoms with Gasteiger partial charge in [-0.1, -0.05) is 50.6 Å². The van der Waals surface area contributed by atoms with Crippen LogP contribution in [0, 0.1) is 5.92 Å². The molecule has 0 aliphatic heterocycles. The fourth-order valence-corrected chi connectivity index (χ4v) is 1.69. The number of rotatable bonds is 5. The predicted molar refractivity (Wildman–Crippen MR) is 70.3 cm³/mol. The van der Waals surface area contributed by atoms with Gasteiger partial charge in [0, 0.05) is 13.6 Å². The Kier molecular flexibility index (Phi) is 5.16. The molecule has 1 rings (SSSR count). The predicted octanol–water partition coefficient (Wildman–Crippen LogP) is 2.02. The third-order valence-corrected chi connectivity index (χ3v) is 3.18. The van der Waals surface area contributed by atoms with Crippen molar-refractivity contribution in [2.75, 3.05) is 7.05 Å². The number of likely N-dealkylation sites (N-methyl/N-ethyl adjacent to an activating group) is 1. The van der Waals surface area contributed by atoms with Gasteiger partial charge >= 0.3 is 0 Å². The minimum Gasteiger partial charge on any atom is -0.340 e. The van der Waals surface area contributed by atoms with Crippen molar-refractivity contribution >= 4 is 5.91 Å². The maximum atomic E-state index is 12.0. The molecule has 0 heterocycles. The highest BCUT2D eigenvalue weighted by molar-refractivity contribution is 5.81. The van der Waals surface area contributed by atoms with Crippen LogP contribution in [-0.4, -0.2) is 23.9 Å². The van der Waals surface area contributed by atoms with E-state index in [4.69, 9.17) is 5.73 Å². The van der Waals surface area contributed by atoms with E-state index < -0.39 is 6.04 Å². The van der Waals surface area contributed by atoms with E-state index in [0.29, 0.717) is 6.54 Å². The van der Waals surface area contributed by atoms with Crippen LogP contribution in [-0.2, 0) is 11.3 Å². The van der Waals surface area contributed by atoms with Crippen molar-refractivity contribution in [2.45, 2.75) is 32.9 Å². The smallest absolute Gasteiger partial charge is 0.239 e. The van der Waals surface area contributed by atoms with Gasteiger partial charge in [0.05, 0.1) is 6.04 Å². The molecule has 0 spiro atoms. The molecule has 2 N–H and O–H groups in total. The Morgan fingerprint density at radius 1 is 1.35 bits per heavy atom. The van der Waals surface area contributed by atoms with E-state index in [1.807, 2.05) is 37.3 Å². The fourth-order valence-electron chi connectivity index (χ4n) is 1.69. The molecule has 0 unspecified atom stereocenters. The number of amides is 1. The van der Waals surface area contributed by atoms with Crippen molar-refractivity contribution < 1.29 is 4.79 Å². The van der Waals surface area contributed by atoms with Crippen molar-refractivity contribution in [1.29, 1.82) is 0 Å². The Morgan fingerprint density at radius 3 is 2.47 bits per heavy atom. The Morgan fingerprint density at radius 2 is 1.94 bits per heavy atom. The SMILES string of the molecule is CC[C@H](C)[C@H](N)C(=O)N(C)Cc1ccccc1. The molecular weight excluding hydrogens is 212 g/mol. The molecule has 0 aliphatic rings. The first kappa shape index (κ1) is 13.7. The van der Waals surface area contributed by atoms with E-state index in [-0.39, 0.29) is 11.8 Å². The van der Waals surface area contributed by atoms with Crippen LogP contribution >= 0.6 is 0 Å². The monoisotopic (exact) mass is 234 g/mol. The Hall–Kier alpha value is -1.35. The van der Waals surface area contributed by atoms with Crippen molar-refractivity contribution in [3.05, 3.63) is 35.9 Å². The highest BCUT2D eigenvalue weighted by Crippen LogP contribution is 2.10. The summed E-state index contributed by atoms with van der Waals surface area (Å²) < 4.78 is 0. The van der Waals surface area contributed by atoms with Crippen LogP contribution in [0.5, 0.6) is 0 Å². The normalized spacial score (nSPS) is 14.1. The second-order valence-corrected chi connectivity index (χ2v) is 4.59. The zero-order valence-electron chi connectivity index (χ0n) is 10.9. The lowest BCUT2D eigenvalue weighted by atomic mass is 9.99. The lowest BCUT2D eigenvalue weighted by Crippen LogP contribution is -2.45. The number of hydrogen-bond donors (Lipinski definition) is 1. The molecule has 1 amide bonds. The van der Waals surface area contributed by atoms with Gasteiger partial charge in [-0.05, 0) is 11.5 Å². The van der Waals surface area contributed by atoms with E-state index in [1.54, 1.807) is 11.9 Å². The van der Waals surface area contributed by atoms with E-state index in [2.05, 4.69) is 6.92 Å². The summed E-state index contributed by atoms with van der Waals surface area (Å²) in [6.45, 7) is 4.68. The molecule has 0 radical (unpaired) electrons. The van der Waals surface area contributed by atoms with E-state index in [0.717, 1.165) is 12.0 Å². The van der Waals surface area contributed by atoms with Crippen LogP contribution in [0.4, 0.5) is 0 Å². The molecule has 0 bridgehead atoms. The maximum Gasteiger partial charge on any atom is 0.239 e. The highest BCUT2D eigenvalue weighted by Gasteiger charge is 2.22. The Balaban J connectivity index is 2.58. The molecule has 3 heteroatoms. The lowest BCUT2D eigenvalue weighted by Gasteiger charge is -2.24. The summed E-state index contributed by atoms with van der Waals surface area (Å²) in [6.07, 6.45) is 0.923. The molecule has 0 aromatic heterocycles. The van der Waals surface area contributed by atoms with Crippen molar-refractivity contribution in [1.82, 2.24) is 4.90 Å². The molecule has 94 valence electrons. The molecular formula is C14H22N2O. The standard InChI is InChI=1S/C14H22N2O/c1-4-11(2)13(15)14(17)16(3)10-12-8-6-5-7-9-12/h5-9,11,13H,4,10,15H2,1-3H3/t11-,13-/m0/s1. The molecule has 17 heavy (non-hydrogen) atoms. The summed E-state index contributed by atoms with van der Waals surface area (Å²) in [5.74, 6) is 0.240. The van der Waals surface area contributed by atoms with Crippen molar-refractivity contribution in [3.8, 4) is 0 Å². The molecule has 0 saturated heterocycles. The quantitative estimate of drug-likeness (QED) is 0.847. The Labute approximate surface area is 104 Å². The minimum atomic E-state index is -0.395. The molecule has 0 saturated carbocycles. The van der Waals surface area contributed by atoms with Gasteiger partial charge < -0.3 is 10.6 Å². The van der Waals surface area contributed by atoms with Gasteiger partial charge in [0.1, 0.15) is 0 Å². The van der Waals surface area contributed by atoms with Crippen LogP contribution < -0.4 is 5.73 Å². The number of nitrogens with zero attached hydrogens (tertiary/aromatic N) is 1. The Bertz CT molecular complexity index is 350. The van der Waals surface area contributed by atoms with Gasteiger partial charge in [-0.3, -0.25) is 4.79 Å². The van der Waals surface area contributed by atoms with Gasteiger partial charge in [-0.2, -0.15) is 0 Å². The van der Waals surface area contributed by atoms with Crippen molar-refractivity contribution in [2.24, 2.45) is 11.7 Å². The summed E-state index contributed by atoms with van der Waals surface area (Å²) in [7, 11) is 1.80. The topological polar surface area (TPSA) is 46.3 Å². The van der Waals surface area contributed by atoms with Crippen molar-refractivity contribution in [3.63, 3.8) is 0 Å². The van der Waals surface area contributed by atoms with Gasteiger partial charge in [0.25, 0.3) is 0 Å². The first-order valence-electron chi connectivity index (χ1n) is 6.10. The van der Waals surface area contributed by atoms with Gasteiger partial charge in [-0.25, -0.2) is 0 Å². The van der Waals surface area contributed by atoms with Crippen LogP contribution in [0.3, 0.4) is 0 Å². The van der Waals surface area contributed by atoms with Gasteiger partial charge in [0.15, 0.2) is 0 Å². The average Bonchev–Trinajstić information content (AvgIpc) is 2.37. The summed E-state index contributed by atoms with van der Waals surface area (Å²) >= 11 is 0. The number of carbonyl (C=O) groups excluding carboxylic acids is 1. The zero-order valence-corrected chi connectivity index (χ0v) is 10.9. The summed E-state index contributed by atoms with van der Waals surface area (Å²) in [4.78, 5) is 13.7. The van der Waals surface area contributed by atoms with E-state index in [9.17, 15) is 4.79 Å². The first-order chi connectivity index (χ1) is 8.06. The highest BCUT2D eigenvalue weighted by atomic mass is 16.2. The lowest BCUT2D eigenvalue weighted by molar-refractivity contribution is -0.132. The first-order valence-corrected chi connectivity index (χ1v) is 6.10. The number of benzene rings is 1. The zero-order chi connectivity index (χ0) is 12.8. The van der Waals surface area contributed by atoms with Crippen LogP contribution in [0.2, 0.25) is 0 Å². The molecule has 1 aromatic rings. The number of hydrogen-bond acceptors (Lipinski definition) is 2. The maximum absolute atomic E-state index is 12.0. The second-order valence-electron chi connectivity index (χ2n) is 4.59. The summed E-state index contributed by atoms with van der Waals surface area (Å²) in [5, 5.41) is 0. The van der Waals surface area contributed by atoms with Crippen LogP contribution in [0.15, 0.2) is 30.3 Å². The van der Waals surface area contributed by atoms with E-state index >= 15 is 0 Å². The van der Waals surface area contributed by atoms with Gasteiger partial charge in [0.2, 0.25) is 5.91 Å². The van der Waals surface area contributed by atoms with Crippen LogP contribution in [0.1, 0.15) is 25.8 Å². The number of carbonyl (C=O) groups is 1. The van der Waals surface area contributed by atoms with E-state index in [1.165, 1.54) is 0 Å². The number of nitrogens with two attached hydrogens (primary N) is 1. The second kappa shape index (κ2) is 6.40. The molecule has 2 atom stereocenters. The van der Waals surface area contributed by atoms with Gasteiger partial charge in [-0.15, -0.1) is 0 Å². The average molecular weight is 234 g/mol. The molecule has 3 nitrogen and oxygen atoms in total. The summed E-state index contributed by atoms with van der Waals surface area (Å²) in [5.41, 5.74) is 7.06. The third-order valence-electron chi connectivity index (χ3n) is 3.18. The van der Waals surface area contributed by atoms with Crippen LogP contribution in [0.25, 0.3) is 0 Å². The fraction of sp³-hybridized carbons (Fsp3) is 0.500. The minimum absolute atomic E-state index is 0.0169. The largest absolute Gasteiger partial charge is 0.340 e. The summed E-state index contributed by atoms with van der Waals surface area (Å²) in [6, 6.07) is 9.55. The molecule has 0 aliphatic carbocycles. The molecule has 0 fully saturated rings. The molecule has 1 aromatic carbocycles. The third kappa shape index (κ3) is 3.86.